The summed E-state index contributed by atoms with van der Waals surface area (Å²) in [4.78, 5) is 24.8. The van der Waals surface area contributed by atoms with Crippen LogP contribution in [0.4, 0.5) is 5.69 Å². The fourth-order valence-electron chi connectivity index (χ4n) is 1.93. The minimum Gasteiger partial charge on any atom is -0.497 e. The molecule has 0 aliphatic rings. The maximum Gasteiger partial charge on any atom is 0.339 e. The lowest BCUT2D eigenvalue weighted by atomic mass is 10.2. The van der Waals surface area contributed by atoms with Crippen LogP contribution in [-0.2, 0) is 9.53 Å². The maximum atomic E-state index is 12.2. The summed E-state index contributed by atoms with van der Waals surface area (Å²) in [6, 6.07) is 12.0. The average Bonchev–Trinajstić information content (AvgIpc) is 2.59. The van der Waals surface area contributed by atoms with Crippen LogP contribution in [0, 0.1) is 0 Å². The zero-order valence-corrected chi connectivity index (χ0v) is 14.7. The van der Waals surface area contributed by atoms with Crippen LogP contribution in [-0.4, -0.2) is 31.8 Å². The molecule has 2 aromatic carbocycles. The lowest BCUT2D eigenvalue weighted by molar-refractivity contribution is -0.113. The van der Waals surface area contributed by atoms with Crippen molar-refractivity contribution in [2.45, 2.75) is 4.90 Å². The third-order valence-corrected chi connectivity index (χ3v) is 4.30. The molecular weight excluding hydrogens is 350 g/mol. The van der Waals surface area contributed by atoms with Crippen molar-refractivity contribution in [2.75, 3.05) is 25.3 Å². The van der Waals surface area contributed by atoms with Gasteiger partial charge in [-0.3, -0.25) is 4.79 Å². The third kappa shape index (κ3) is 4.91. The van der Waals surface area contributed by atoms with E-state index in [-0.39, 0.29) is 17.2 Å². The molecule has 5 nitrogen and oxygen atoms in total. The van der Waals surface area contributed by atoms with Gasteiger partial charge in [0.15, 0.2) is 0 Å². The summed E-state index contributed by atoms with van der Waals surface area (Å²) in [5.74, 6) is 0.112. The zero-order valence-electron chi connectivity index (χ0n) is 13.2. The Balaban J connectivity index is 2.04. The van der Waals surface area contributed by atoms with Crippen molar-refractivity contribution in [1.82, 2.24) is 0 Å². The average molecular weight is 366 g/mol. The van der Waals surface area contributed by atoms with Crippen LogP contribution in [0.2, 0.25) is 5.02 Å². The standard InChI is InChI=1S/C17H16ClNO4S/c1-22-12-4-3-5-13(9-12)24-10-16(20)19-15-8-11(18)6-7-14(15)17(21)23-2/h3-9H,10H2,1-2H3,(H,19,20). The molecule has 0 unspecified atom stereocenters. The normalized spacial score (nSPS) is 10.1. The fraction of sp³-hybridized carbons (Fsp3) is 0.176. The van der Waals surface area contributed by atoms with E-state index in [1.54, 1.807) is 13.2 Å². The van der Waals surface area contributed by atoms with Gasteiger partial charge in [0, 0.05) is 9.92 Å². The van der Waals surface area contributed by atoms with Crippen molar-refractivity contribution in [2.24, 2.45) is 0 Å². The second-order valence-corrected chi connectivity index (χ2v) is 6.18. The highest BCUT2D eigenvalue weighted by molar-refractivity contribution is 8.00. The number of carbonyl (C=O) groups excluding carboxylic acids is 2. The predicted octanol–water partition coefficient (Wildman–Crippen LogP) is 3.87. The van der Waals surface area contributed by atoms with Crippen molar-refractivity contribution < 1.29 is 19.1 Å². The second kappa shape index (κ2) is 8.61. The molecule has 0 radical (unpaired) electrons. The monoisotopic (exact) mass is 365 g/mol. The summed E-state index contributed by atoms with van der Waals surface area (Å²) in [6.45, 7) is 0. The first kappa shape index (κ1) is 18.2. The molecule has 1 amide bonds. The summed E-state index contributed by atoms with van der Waals surface area (Å²) in [7, 11) is 2.87. The topological polar surface area (TPSA) is 64.6 Å². The van der Waals surface area contributed by atoms with E-state index in [2.05, 4.69) is 5.32 Å². The lowest BCUT2D eigenvalue weighted by Crippen LogP contribution is -2.17. The van der Waals surface area contributed by atoms with E-state index >= 15 is 0 Å². The molecule has 126 valence electrons. The minimum atomic E-state index is -0.539. The molecule has 0 saturated carbocycles. The summed E-state index contributed by atoms with van der Waals surface area (Å²) in [6.07, 6.45) is 0. The van der Waals surface area contributed by atoms with Crippen LogP contribution in [0.15, 0.2) is 47.4 Å². The molecule has 2 aromatic rings. The molecule has 2 rings (SSSR count). The van der Waals surface area contributed by atoms with Crippen LogP contribution in [0.1, 0.15) is 10.4 Å². The Kier molecular flexibility index (Phi) is 6.52. The number of nitrogens with one attached hydrogen (secondary N) is 1. The molecule has 0 bridgehead atoms. The van der Waals surface area contributed by atoms with Gasteiger partial charge in [0.2, 0.25) is 5.91 Å². The Bertz CT molecular complexity index is 751. The van der Waals surface area contributed by atoms with E-state index < -0.39 is 5.97 Å². The van der Waals surface area contributed by atoms with Gasteiger partial charge in [0.25, 0.3) is 0 Å². The predicted molar refractivity (Wildman–Crippen MR) is 95.1 cm³/mol. The van der Waals surface area contributed by atoms with E-state index in [0.717, 1.165) is 10.6 Å². The molecule has 0 aliphatic heterocycles. The molecule has 0 heterocycles. The third-order valence-electron chi connectivity index (χ3n) is 3.07. The highest BCUT2D eigenvalue weighted by atomic mass is 35.5. The van der Waals surface area contributed by atoms with Gasteiger partial charge >= 0.3 is 5.97 Å². The quantitative estimate of drug-likeness (QED) is 0.622. The molecule has 24 heavy (non-hydrogen) atoms. The number of esters is 1. The van der Waals surface area contributed by atoms with Gasteiger partial charge in [-0.2, -0.15) is 0 Å². The van der Waals surface area contributed by atoms with Crippen molar-refractivity contribution in [3.63, 3.8) is 0 Å². The number of ether oxygens (including phenoxy) is 2. The van der Waals surface area contributed by atoms with Crippen LogP contribution in [0.5, 0.6) is 5.75 Å². The number of methoxy groups -OCH3 is 2. The number of hydrogen-bond donors (Lipinski definition) is 1. The molecular formula is C17H16ClNO4S. The largest absolute Gasteiger partial charge is 0.497 e. The Morgan fingerprint density at radius 3 is 2.67 bits per heavy atom. The number of anilines is 1. The minimum absolute atomic E-state index is 0.181. The lowest BCUT2D eigenvalue weighted by Gasteiger charge is -2.10. The van der Waals surface area contributed by atoms with Gasteiger partial charge in [-0.25, -0.2) is 4.79 Å². The molecule has 7 heteroatoms. The van der Waals surface area contributed by atoms with E-state index in [4.69, 9.17) is 21.1 Å². The number of halogens is 1. The summed E-state index contributed by atoms with van der Waals surface area (Å²) in [5, 5.41) is 3.10. The zero-order chi connectivity index (χ0) is 17.5. The smallest absolute Gasteiger partial charge is 0.339 e. The summed E-state index contributed by atoms with van der Waals surface area (Å²) < 4.78 is 9.85. The first-order chi connectivity index (χ1) is 11.5. The highest BCUT2D eigenvalue weighted by Gasteiger charge is 2.14. The van der Waals surface area contributed by atoms with Gasteiger partial charge in [-0.15, -0.1) is 11.8 Å². The van der Waals surface area contributed by atoms with Crippen molar-refractivity contribution in [3.05, 3.63) is 53.1 Å². The molecule has 0 spiro atoms. The molecule has 0 atom stereocenters. The Morgan fingerprint density at radius 2 is 1.96 bits per heavy atom. The summed E-state index contributed by atoms with van der Waals surface area (Å²) in [5.41, 5.74) is 0.576. The number of hydrogen-bond acceptors (Lipinski definition) is 5. The van der Waals surface area contributed by atoms with Crippen LogP contribution < -0.4 is 10.1 Å². The molecule has 0 aromatic heterocycles. The van der Waals surface area contributed by atoms with Gasteiger partial charge < -0.3 is 14.8 Å². The van der Waals surface area contributed by atoms with E-state index in [9.17, 15) is 9.59 Å². The van der Waals surface area contributed by atoms with E-state index in [0.29, 0.717) is 10.7 Å². The Hall–Kier alpha value is -2.18. The van der Waals surface area contributed by atoms with Gasteiger partial charge in [-0.1, -0.05) is 17.7 Å². The SMILES string of the molecule is COC(=O)c1ccc(Cl)cc1NC(=O)CSc1cccc(OC)c1. The molecule has 0 fully saturated rings. The van der Waals surface area contributed by atoms with Crippen molar-refractivity contribution in [1.29, 1.82) is 0 Å². The van der Waals surface area contributed by atoms with Crippen molar-refractivity contribution >= 4 is 40.9 Å². The number of amides is 1. The van der Waals surface area contributed by atoms with Gasteiger partial charge in [0.05, 0.1) is 31.2 Å². The van der Waals surface area contributed by atoms with Crippen LogP contribution in [0.3, 0.4) is 0 Å². The van der Waals surface area contributed by atoms with Crippen LogP contribution >= 0.6 is 23.4 Å². The molecule has 0 saturated heterocycles. The van der Waals surface area contributed by atoms with Gasteiger partial charge in [-0.05, 0) is 36.4 Å². The second-order valence-electron chi connectivity index (χ2n) is 4.70. The van der Waals surface area contributed by atoms with E-state index in [1.807, 2.05) is 24.3 Å². The number of thioether (sulfide) groups is 1. The fourth-order valence-corrected chi connectivity index (χ4v) is 2.85. The van der Waals surface area contributed by atoms with Crippen molar-refractivity contribution in [3.8, 4) is 5.75 Å². The summed E-state index contributed by atoms with van der Waals surface area (Å²) >= 11 is 7.29. The highest BCUT2D eigenvalue weighted by Crippen LogP contribution is 2.25. The molecule has 1 N–H and O–H groups in total. The molecule has 0 aliphatic carbocycles. The Morgan fingerprint density at radius 1 is 1.17 bits per heavy atom. The maximum absolute atomic E-state index is 12.2. The number of carbonyl (C=O) groups is 2. The number of benzene rings is 2. The van der Waals surface area contributed by atoms with Gasteiger partial charge in [0.1, 0.15) is 5.75 Å². The Labute approximate surface area is 149 Å². The van der Waals surface area contributed by atoms with E-state index in [1.165, 1.54) is 31.0 Å². The van der Waals surface area contributed by atoms with Crippen LogP contribution in [0.25, 0.3) is 0 Å². The first-order valence-electron chi connectivity index (χ1n) is 6.98. The first-order valence-corrected chi connectivity index (χ1v) is 8.34. The number of rotatable bonds is 6.